The van der Waals surface area contributed by atoms with Crippen molar-refractivity contribution in [3.8, 4) is 5.75 Å². The van der Waals surface area contributed by atoms with Crippen molar-refractivity contribution >= 4 is 0 Å². The third-order valence-corrected chi connectivity index (χ3v) is 4.09. The van der Waals surface area contributed by atoms with E-state index in [1.54, 1.807) is 0 Å². The van der Waals surface area contributed by atoms with Crippen molar-refractivity contribution in [2.75, 3.05) is 13.2 Å². The zero-order chi connectivity index (χ0) is 14.5. The van der Waals surface area contributed by atoms with Crippen LogP contribution < -0.4 is 10.1 Å². The van der Waals surface area contributed by atoms with Crippen molar-refractivity contribution < 1.29 is 4.74 Å². The second-order valence-corrected chi connectivity index (χ2v) is 5.59. The van der Waals surface area contributed by atoms with Crippen molar-refractivity contribution in [3.05, 3.63) is 48.0 Å². The molecule has 1 aromatic carbocycles. The summed E-state index contributed by atoms with van der Waals surface area (Å²) < 4.78 is 5.76. The van der Waals surface area contributed by atoms with Crippen LogP contribution in [0.1, 0.15) is 49.5 Å². The van der Waals surface area contributed by atoms with Crippen LogP contribution in [0.4, 0.5) is 0 Å². The van der Waals surface area contributed by atoms with Crippen LogP contribution in [0.3, 0.4) is 0 Å². The summed E-state index contributed by atoms with van der Waals surface area (Å²) in [5, 5.41) is 3.62. The van der Waals surface area contributed by atoms with Crippen LogP contribution in [0.5, 0.6) is 5.75 Å². The molecule has 2 heterocycles. The van der Waals surface area contributed by atoms with Gasteiger partial charge in [-0.1, -0.05) is 25.1 Å². The summed E-state index contributed by atoms with van der Waals surface area (Å²) in [4.78, 5) is 7.70. The van der Waals surface area contributed by atoms with Gasteiger partial charge in [-0.05, 0) is 43.4 Å². The number of aromatic nitrogens is 2. The number of nitrogens with zero attached hydrogens (tertiary/aromatic N) is 1. The van der Waals surface area contributed by atoms with Gasteiger partial charge in [-0.15, -0.1) is 0 Å². The van der Waals surface area contributed by atoms with Crippen LogP contribution in [0.2, 0.25) is 0 Å². The van der Waals surface area contributed by atoms with Crippen LogP contribution in [0, 0.1) is 0 Å². The maximum Gasteiger partial charge on any atom is 0.123 e. The topological polar surface area (TPSA) is 49.9 Å². The summed E-state index contributed by atoms with van der Waals surface area (Å²) in [5.74, 6) is 2.60. The highest BCUT2D eigenvalue weighted by atomic mass is 16.5. The van der Waals surface area contributed by atoms with E-state index in [1.165, 1.54) is 5.56 Å². The first kappa shape index (κ1) is 14.1. The molecule has 2 aromatic rings. The smallest absolute Gasteiger partial charge is 0.123 e. The lowest BCUT2D eigenvalue weighted by Crippen LogP contribution is -2.26. The molecule has 112 valence electrons. The molecule has 3 rings (SSSR count). The second kappa shape index (κ2) is 6.76. The first-order chi connectivity index (χ1) is 10.4. The minimum Gasteiger partial charge on any atom is -0.493 e. The minimum absolute atomic E-state index is 0.274. The summed E-state index contributed by atoms with van der Waals surface area (Å²) in [6.45, 7) is 4.01. The van der Waals surface area contributed by atoms with E-state index in [1.807, 2.05) is 18.5 Å². The van der Waals surface area contributed by atoms with E-state index in [4.69, 9.17) is 4.74 Å². The highest BCUT2D eigenvalue weighted by molar-refractivity contribution is 5.37. The quantitative estimate of drug-likeness (QED) is 0.855. The van der Waals surface area contributed by atoms with Gasteiger partial charge >= 0.3 is 0 Å². The largest absolute Gasteiger partial charge is 0.493 e. The SMILES string of the molecule is CCCNC(CC1CCOc2ccccc21)c1ncc[nH]1. The van der Waals surface area contributed by atoms with Gasteiger partial charge in [0.1, 0.15) is 11.6 Å². The molecule has 1 aliphatic heterocycles. The van der Waals surface area contributed by atoms with E-state index in [2.05, 4.69) is 40.4 Å². The van der Waals surface area contributed by atoms with Gasteiger partial charge in [0.15, 0.2) is 0 Å². The van der Waals surface area contributed by atoms with Crippen LogP contribution in [-0.2, 0) is 0 Å². The predicted octanol–water partition coefficient (Wildman–Crippen LogP) is 3.41. The van der Waals surface area contributed by atoms with E-state index in [0.29, 0.717) is 5.92 Å². The Morgan fingerprint density at radius 1 is 1.43 bits per heavy atom. The third-order valence-electron chi connectivity index (χ3n) is 4.09. The monoisotopic (exact) mass is 285 g/mol. The number of H-pyrrole nitrogens is 1. The molecule has 0 fully saturated rings. The second-order valence-electron chi connectivity index (χ2n) is 5.59. The molecule has 0 aliphatic carbocycles. The lowest BCUT2D eigenvalue weighted by molar-refractivity contribution is 0.254. The van der Waals surface area contributed by atoms with Gasteiger partial charge < -0.3 is 15.0 Å². The number of benzene rings is 1. The van der Waals surface area contributed by atoms with E-state index in [0.717, 1.165) is 44.0 Å². The Morgan fingerprint density at radius 3 is 3.14 bits per heavy atom. The average molecular weight is 285 g/mol. The van der Waals surface area contributed by atoms with E-state index in [9.17, 15) is 0 Å². The molecule has 0 spiro atoms. The van der Waals surface area contributed by atoms with E-state index < -0.39 is 0 Å². The van der Waals surface area contributed by atoms with Gasteiger partial charge in [0, 0.05) is 12.4 Å². The molecule has 4 nitrogen and oxygen atoms in total. The standard InChI is InChI=1S/C17H23N3O/c1-2-8-18-15(17-19-9-10-20-17)12-13-7-11-21-16-6-4-3-5-14(13)16/h3-6,9-10,13,15,18H,2,7-8,11-12H2,1H3,(H,19,20). The molecule has 2 N–H and O–H groups in total. The molecule has 1 aliphatic rings. The Labute approximate surface area is 125 Å². The predicted molar refractivity (Wildman–Crippen MR) is 83.5 cm³/mol. The van der Waals surface area contributed by atoms with Gasteiger partial charge in [0.2, 0.25) is 0 Å². The van der Waals surface area contributed by atoms with Gasteiger partial charge in [-0.2, -0.15) is 0 Å². The van der Waals surface area contributed by atoms with Crippen LogP contribution in [-0.4, -0.2) is 23.1 Å². The van der Waals surface area contributed by atoms with Crippen molar-refractivity contribution in [2.45, 2.75) is 38.1 Å². The number of hydrogen-bond donors (Lipinski definition) is 2. The van der Waals surface area contributed by atoms with Crippen molar-refractivity contribution in [1.29, 1.82) is 0 Å². The summed E-state index contributed by atoms with van der Waals surface area (Å²) >= 11 is 0. The lowest BCUT2D eigenvalue weighted by atomic mass is 9.87. The number of imidazole rings is 1. The van der Waals surface area contributed by atoms with Gasteiger partial charge in [0.05, 0.1) is 12.6 Å². The summed E-state index contributed by atoms with van der Waals surface area (Å²) in [6, 6.07) is 8.68. The molecule has 0 amide bonds. The van der Waals surface area contributed by atoms with E-state index in [-0.39, 0.29) is 6.04 Å². The normalized spacial score (nSPS) is 18.8. The molecule has 0 radical (unpaired) electrons. The first-order valence-electron chi connectivity index (χ1n) is 7.83. The van der Waals surface area contributed by atoms with Crippen LogP contribution in [0.15, 0.2) is 36.7 Å². The Bertz CT molecular complexity index is 553. The lowest BCUT2D eigenvalue weighted by Gasteiger charge is -2.29. The van der Waals surface area contributed by atoms with Crippen molar-refractivity contribution in [3.63, 3.8) is 0 Å². The fraction of sp³-hybridized carbons (Fsp3) is 0.471. The number of nitrogens with one attached hydrogen (secondary N) is 2. The highest BCUT2D eigenvalue weighted by Gasteiger charge is 2.25. The maximum atomic E-state index is 5.76. The number of aromatic amines is 1. The van der Waals surface area contributed by atoms with E-state index >= 15 is 0 Å². The molecule has 0 saturated heterocycles. The number of hydrogen-bond acceptors (Lipinski definition) is 3. The zero-order valence-electron chi connectivity index (χ0n) is 12.5. The zero-order valence-corrected chi connectivity index (χ0v) is 12.5. The highest BCUT2D eigenvalue weighted by Crippen LogP contribution is 2.38. The van der Waals surface area contributed by atoms with Crippen LogP contribution >= 0.6 is 0 Å². The van der Waals surface area contributed by atoms with Gasteiger partial charge in [-0.3, -0.25) is 0 Å². The maximum absolute atomic E-state index is 5.76. The van der Waals surface area contributed by atoms with Gasteiger partial charge in [0.25, 0.3) is 0 Å². The van der Waals surface area contributed by atoms with Gasteiger partial charge in [-0.25, -0.2) is 4.98 Å². The number of fused-ring (bicyclic) bond motifs is 1. The number of ether oxygens (including phenoxy) is 1. The number of para-hydroxylation sites is 1. The molecule has 2 atom stereocenters. The Morgan fingerprint density at radius 2 is 2.33 bits per heavy atom. The summed E-state index contributed by atoms with van der Waals surface area (Å²) in [5.41, 5.74) is 1.33. The molecule has 0 saturated carbocycles. The molecular formula is C17H23N3O. The summed E-state index contributed by atoms with van der Waals surface area (Å²) in [6.07, 6.45) is 6.97. The third kappa shape index (κ3) is 3.27. The average Bonchev–Trinajstić information content (AvgIpc) is 3.06. The Kier molecular flexibility index (Phi) is 4.55. The van der Waals surface area contributed by atoms with Crippen LogP contribution in [0.25, 0.3) is 0 Å². The molecule has 1 aromatic heterocycles. The fourth-order valence-electron chi connectivity index (χ4n) is 3.02. The summed E-state index contributed by atoms with van der Waals surface area (Å²) in [7, 11) is 0. The molecular weight excluding hydrogens is 262 g/mol. The van der Waals surface area contributed by atoms with Crippen molar-refractivity contribution in [1.82, 2.24) is 15.3 Å². The molecule has 4 heteroatoms. The molecule has 0 bridgehead atoms. The van der Waals surface area contributed by atoms with Crippen molar-refractivity contribution in [2.24, 2.45) is 0 Å². The minimum atomic E-state index is 0.274. The first-order valence-corrected chi connectivity index (χ1v) is 7.83. The Balaban J connectivity index is 1.77. The Hall–Kier alpha value is -1.81. The fourth-order valence-corrected chi connectivity index (χ4v) is 3.02. The molecule has 21 heavy (non-hydrogen) atoms. The molecule has 2 unspecified atom stereocenters. The number of rotatable bonds is 6.